The van der Waals surface area contributed by atoms with Crippen LogP contribution in [0, 0.1) is 31.6 Å². The monoisotopic (exact) mass is 629 g/mol. The summed E-state index contributed by atoms with van der Waals surface area (Å²) < 4.78 is 5.27. The molecule has 37 heavy (non-hydrogen) atoms. The number of amides is 1. The molecule has 2 aromatic rings. The molecule has 0 bridgehead atoms. The second kappa shape index (κ2) is 26.5. The summed E-state index contributed by atoms with van der Waals surface area (Å²) in [5.41, 5.74) is 9.73. The van der Waals surface area contributed by atoms with Crippen molar-refractivity contribution < 1.29 is 83.2 Å². The summed E-state index contributed by atoms with van der Waals surface area (Å²) in [6.45, 7) is 9.83. The van der Waals surface area contributed by atoms with E-state index in [2.05, 4.69) is 54.7 Å². The van der Waals surface area contributed by atoms with Crippen LogP contribution >= 0.6 is 0 Å². The number of rotatable bonds is 8. The van der Waals surface area contributed by atoms with Crippen molar-refractivity contribution in [3.63, 3.8) is 0 Å². The normalized spacial score (nSPS) is 12.7. The van der Waals surface area contributed by atoms with Crippen LogP contribution in [0.2, 0.25) is 0 Å². The van der Waals surface area contributed by atoms with Gasteiger partial charge in [0.1, 0.15) is 12.0 Å². The largest absolute Gasteiger partial charge is 1.00 e. The zero-order chi connectivity index (χ0) is 26.5. The first-order valence-electron chi connectivity index (χ1n) is 12.5. The van der Waals surface area contributed by atoms with Crippen molar-refractivity contribution in [3.05, 3.63) is 61.0 Å². The van der Waals surface area contributed by atoms with Gasteiger partial charge in [-0.05, 0) is 67.1 Å². The fraction of sp³-hybridized carbons (Fsp3) is 0.467. The van der Waals surface area contributed by atoms with Crippen molar-refractivity contribution in [1.29, 1.82) is 5.26 Å². The van der Waals surface area contributed by atoms with Gasteiger partial charge in [0.05, 0.1) is 19.1 Å². The molecule has 0 aliphatic carbocycles. The molecule has 1 aliphatic rings. The second-order valence-corrected chi connectivity index (χ2v) is 7.94. The van der Waals surface area contributed by atoms with Gasteiger partial charge in [-0.1, -0.05) is 57.5 Å². The minimum Gasteiger partial charge on any atom is -0.496 e. The second-order valence-electron chi connectivity index (χ2n) is 7.94. The minimum atomic E-state index is -0.171. The molecule has 0 spiro atoms. The molecule has 200 valence electrons. The molecule has 7 heteroatoms. The van der Waals surface area contributed by atoms with Crippen molar-refractivity contribution in [2.45, 2.75) is 66.2 Å². The van der Waals surface area contributed by atoms with Crippen molar-refractivity contribution in [2.75, 3.05) is 20.2 Å². The number of benzene rings is 2. The van der Waals surface area contributed by atoms with Gasteiger partial charge in [-0.25, -0.2) is 0 Å². The maximum atomic E-state index is 10.4. The van der Waals surface area contributed by atoms with Crippen LogP contribution in [-0.4, -0.2) is 32.4 Å². The van der Waals surface area contributed by atoms with Crippen LogP contribution in [0.3, 0.4) is 0 Å². The smallest absolute Gasteiger partial charge is 0.496 e. The van der Waals surface area contributed by atoms with E-state index in [1.54, 1.807) is 7.11 Å². The number of unbranched alkanes of at least 4 members (excludes halogenated alkanes) is 2. The molecule has 2 aromatic carbocycles. The predicted molar refractivity (Wildman–Crippen MR) is 151 cm³/mol. The molecular formula is C30H46CsN3O3. The number of ether oxygens (including phenoxy) is 1. The summed E-state index contributed by atoms with van der Waals surface area (Å²) in [7, 11) is 1.69. The van der Waals surface area contributed by atoms with Crippen LogP contribution in [-0.2, 0) is 16.0 Å². The van der Waals surface area contributed by atoms with E-state index >= 15 is 0 Å². The van der Waals surface area contributed by atoms with E-state index in [-0.39, 0.29) is 88.1 Å². The van der Waals surface area contributed by atoms with Gasteiger partial charge in [-0.3, -0.25) is 4.79 Å². The van der Waals surface area contributed by atoms with Crippen LogP contribution in [0.15, 0.2) is 42.5 Å². The molecule has 1 heterocycles. The number of nitriles is 1. The van der Waals surface area contributed by atoms with Crippen LogP contribution in [0.4, 0.5) is 0 Å². The van der Waals surface area contributed by atoms with E-state index < -0.39 is 0 Å². The standard InChI is InChI=1S/C17H17NO.C5H10N2O.C5H10O.C2H6.CH3.Cs/c1-13-12-16(9-10-17(13)19-2)15-7-5-14(6-8-15)4-3-11-18;6-5(8)4-1-2-7-3-4;1-2-3-4-5-6;1-2;;/h5-10,12H,3-4H2,1-2H3;4,7H,1-3H2,(H2,6,8);5H,2-4H2,1H3;1-2H3;1H3;/q;;;;-1;+1. The Bertz CT molecular complexity index is 890. The van der Waals surface area contributed by atoms with Crippen molar-refractivity contribution in [2.24, 2.45) is 11.7 Å². The zero-order valence-corrected chi connectivity index (χ0v) is 30.4. The Morgan fingerprint density at radius 1 is 1.19 bits per heavy atom. The van der Waals surface area contributed by atoms with Crippen LogP contribution in [0.25, 0.3) is 11.1 Å². The molecule has 0 aromatic heterocycles. The molecule has 3 N–H and O–H groups in total. The molecule has 1 amide bonds. The van der Waals surface area contributed by atoms with Gasteiger partial charge < -0.3 is 28.0 Å². The summed E-state index contributed by atoms with van der Waals surface area (Å²) in [6.07, 6.45) is 6.16. The average Bonchev–Trinajstić information content (AvgIpc) is 3.44. The third-order valence-corrected chi connectivity index (χ3v) is 5.35. The van der Waals surface area contributed by atoms with E-state index in [4.69, 9.17) is 15.7 Å². The SMILES string of the molecule is CC.CCCCC=O.COc1ccc(-c2ccc(CCC#N)cc2)cc1C.NC(=O)C1CCNC1.[CH3-].[Cs+]. The number of primary amides is 1. The van der Waals surface area contributed by atoms with E-state index in [1.165, 1.54) is 16.7 Å². The van der Waals surface area contributed by atoms with E-state index in [0.717, 1.165) is 62.8 Å². The summed E-state index contributed by atoms with van der Waals surface area (Å²) in [6, 6.07) is 16.7. The summed E-state index contributed by atoms with van der Waals surface area (Å²) in [4.78, 5) is 19.9. The third kappa shape index (κ3) is 17.9. The van der Waals surface area contributed by atoms with Crippen LogP contribution in [0.1, 0.15) is 64.0 Å². The van der Waals surface area contributed by atoms with Crippen molar-refractivity contribution >= 4 is 12.2 Å². The predicted octanol–water partition coefficient (Wildman–Crippen LogP) is 3.06. The maximum absolute atomic E-state index is 10.4. The quantitative estimate of drug-likeness (QED) is 0.266. The van der Waals surface area contributed by atoms with Gasteiger partial charge in [-0.15, -0.1) is 0 Å². The number of methoxy groups -OCH3 is 1. The van der Waals surface area contributed by atoms with Gasteiger partial charge in [-0.2, -0.15) is 5.26 Å². The molecule has 0 saturated carbocycles. The Morgan fingerprint density at radius 3 is 2.19 bits per heavy atom. The molecule has 1 aliphatic heterocycles. The maximum Gasteiger partial charge on any atom is 1.00 e. The Balaban J connectivity index is -0.000000536. The van der Waals surface area contributed by atoms with E-state index in [1.807, 2.05) is 26.8 Å². The van der Waals surface area contributed by atoms with Gasteiger partial charge in [0, 0.05) is 19.4 Å². The van der Waals surface area contributed by atoms with Crippen molar-refractivity contribution in [3.8, 4) is 22.9 Å². The third-order valence-electron chi connectivity index (χ3n) is 5.35. The van der Waals surface area contributed by atoms with Crippen LogP contribution in [0.5, 0.6) is 5.75 Å². The first kappa shape index (κ1) is 40.4. The first-order chi connectivity index (χ1) is 17.0. The Labute approximate surface area is 284 Å². The molecular weight excluding hydrogens is 583 g/mol. The summed E-state index contributed by atoms with van der Waals surface area (Å²) in [5, 5.41) is 11.6. The Hall–Kier alpha value is -1.12. The molecule has 1 fully saturated rings. The fourth-order valence-electron chi connectivity index (χ4n) is 3.31. The molecule has 0 radical (unpaired) electrons. The van der Waals surface area contributed by atoms with Crippen LogP contribution < -0.4 is 84.7 Å². The zero-order valence-electron chi connectivity index (χ0n) is 24.1. The molecule has 1 saturated heterocycles. The number of hydrogen-bond donors (Lipinski definition) is 2. The van der Waals surface area contributed by atoms with E-state index in [0.29, 0.717) is 6.42 Å². The first-order valence-corrected chi connectivity index (χ1v) is 12.5. The number of aryl methyl sites for hydroxylation is 2. The molecule has 6 nitrogen and oxygen atoms in total. The number of nitrogens with zero attached hydrogens (tertiary/aromatic N) is 1. The average molecular weight is 630 g/mol. The number of carbonyl (C=O) groups excluding carboxylic acids is 2. The fourth-order valence-corrected chi connectivity index (χ4v) is 3.31. The Morgan fingerprint density at radius 2 is 1.81 bits per heavy atom. The topological polar surface area (TPSA) is 105 Å². The molecule has 1 atom stereocenters. The summed E-state index contributed by atoms with van der Waals surface area (Å²) in [5.74, 6) is 0.833. The number of nitrogens with two attached hydrogens (primary N) is 1. The van der Waals surface area contributed by atoms with Crippen molar-refractivity contribution in [1.82, 2.24) is 5.32 Å². The number of carbonyl (C=O) groups is 2. The molecule has 3 rings (SSSR count). The minimum absolute atomic E-state index is 0. The van der Waals surface area contributed by atoms with Gasteiger partial charge in [0.15, 0.2) is 0 Å². The number of aldehydes is 1. The number of nitrogens with one attached hydrogen (secondary N) is 1. The van der Waals surface area contributed by atoms with Gasteiger partial charge in [0.2, 0.25) is 5.91 Å². The van der Waals surface area contributed by atoms with Gasteiger partial charge in [0.25, 0.3) is 0 Å². The van der Waals surface area contributed by atoms with Gasteiger partial charge >= 0.3 is 68.9 Å². The number of hydrogen-bond acceptors (Lipinski definition) is 5. The summed E-state index contributed by atoms with van der Waals surface area (Å²) >= 11 is 0. The molecule has 1 unspecified atom stereocenters. The van der Waals surface area contributed by atoms with E-state index in [9.17, 15) is 9.59 Å². The Kier molecular flexibility index (Phi) is 28.9.